The van der Waals surface area contributed by atoms with Crippen LogP contribution in [0.3, 0.4) is 0 Å². The third kappa shape index (κ3) is 5.11. The zero-order chi connectivity index (χ0) is 24.1. The highest BCUT2D eigenvalue weighted by Crippen LogP contribution is 2.21. The molecule has 0 bridgehead atoms. The second kappa shape index (κ2) is 9.98. The molecule has 0 unspecified atom stereocenters. The Bertz CT molecular complexity index is 1530. The predicted octanol–water partition coefficient (Wildman–Crippen LogP) is 6.76. The van der Waals surface area contributed by atoms with Gasteiger partial charge in [-0.05, 0) is 53.9 Å². The molecule has 0 radical (unpaired) electrons. The molecule has 0 saturated carbocycles. The van der Waals surface area contributed by atoms with Crippen molar-refractivity contribution in [3.63, 3.8) is 0 Å². The van der Waals surface area contributed by atoms with Gasteiger partial charge in [0.15, 0.2) is 11.6 Å². The van der Waals surface area contributed by atoms with Crippen molar-refractivity contribution in [2.24, 2.45) is 0 Å². The van der Waals surface area contributed by atoms with Crippen molar-refractivity contribution in [1.29, 1.82) is 0 Å². The average Bonchev–Trinajstić information content (AvgIpc) is 2.84. The number of fused-ring (bicyclic) bond motifs is 1. The van der Waals surface area contributed by atoms with Crippen molar-refractivity contribution in [1.82, 2.24) is 0 Å². The number of hydrogen-bond donors (Lipinski definition) is 0. The molecule has 4 aromatic carbocycles. The van der Waals surface area contributed by atoms with E-state index >= 15 is 0 Å². The first kappa shape index (κ1) is 22.7. The normalized spacial score (nSPS) is 10.1. The Morgan fingerprint density at radius 1 is 0.676 bits per heavy atom. The third-order valence-corrected chi connectivity index (χ3v) is 4.87. The molecular weight excluding hydrogens is 440 g/mol. The first-order valence-corrected chi connectivity index (χ1v) is 10.2. The third-order valence-electron chi connectivity index (χ3n) is 4.87. The highest BCUT2D eigenvalue weighted by atomic mass is 19.2. The van der Waals surface area contributed by atoms with Crippen LogP contribution in [0.25, 0.3) is 10.8 Å². The van der Waals surface area contributed by atoms with Crippen LogP contribution in [0.5, 0.6) is 5.75 Å². The van der Waals surface area contributed by atoms with E-state index in [0.717, 1.165) is 6.07 Å². The molecule has 166 valence electrons. The van der Waals surface area contributed by atoms with E-state index in [-0.39, 0.29) is 23.1 Å². The summed E-state index contributed by atoms with van der Waals surface area (Å²) >= 11 is 0. The molecule has 5 heteroatoms. The number of rotatable bonds is 3. The van der Waals surface area contributed by atoms with Crippen molar-refractivity contribution >= 4 is 10.8 Å². The number of hydrogen-bond acceptors (Lipinski definition) is 1. The second-order valence-electron chi connectivity index (χ2n) is 7.23. The Balaban J connectivity index is 1.53. The summed E-state index contributed by atoms with van der Waals surface area (Å²) in [6.45, 7) is 3.79. The van der Waals surface area contributed by atoms with Crippen molar-refractivity contribution < 1.29 is 22.3 Å². The molecule has 4 rings (SSSR count). The van der Waals surface area contributed by atoms with Crippen LogP contribution in [0.4, 0.5) is 17.6 Å². The van der Waals surface area contributed by atoms with Crippen LogP contribution in [-0.4, -0.2) is 6.61 Å². The van der Waals surface area contributed by atoms with Crippen LogP contribution >= 0.6 is 0 Å². The second-order valence-corrected chi connectivity index (χ2v) is 7.23. The maximum absolute atomic E-state index is 14.5. The Morgan fingerprint density at radius 3 is 2.00 bits per heavy atom. The quantitative estimate of drug-likeness (QED) is 0.188. The van der Waals surface area contributed by atoms with Crippen molar-refractivity contribution in [2.45, 2.75) is 0 Å². The summed E-state index contributed by atoms with van der Waals surface area (Å²) in [6, 6.07) is 15.7. The number of ether oxygens (including phenoxy) is 1. The fourth-order valence-corrected chi connectivity index (χ4v) is 3.16. The van der Waals surface area contributed by atoms with Gasteiger partial charge in [-0.15, -0.1) is 0 Å². The molecule has 0 aliphatic carbocycles. The topological polar surface area (TPSA) is 9.23 Å². The van der Waals surface area contributed by atoms with Crippen LogP contribution in [-0.2, 0) is 0 Å². The maximum atomic E-state index is 14.5. The molecule has 0 aromatic heterocycles. The summed E-state index contributed by atoms with van der Waals surface area (Å²) in [7, 11) is 0. The fraction of sp³-hybridized carbons (Fsp3) is 0.0345. The maximum Gasteiger partial charge on any atom is 0.166 e. The van der Waals surface area contributed by atoms with Crippen LogP contribution in [0.15, 0.2) is 79.4 Å². The predicted molar refractivity (Wildman–Crippen MR) is 124 cm³/mol. The summed E-state index contributed by atoms with van der Waals surface area (Å²) in [5, 5.41) is 0.638. The van der Waals surface area contributed by atoms with Gasteiger partial charge in [0, 0.05) is 22.6 Å². The van der Waals surface area contributed by atoms with Crippen molar-refractivity contribution in [3.05, 3.63) is 125 Å². The molecule has 1 nitrogen and oxygen atoms in total. The van der Waals surface area contributed by atoms with Gasteiger partial charge in [0.1, 0.15) is 24.0 Å². The van der Waals surface area contributed by atoms with E-state index in [1.54, 1.807) is 24.3 Å². The van der Waals surface area contributed by atoms with Gasteiger partial charge < -0.3 is 4.74 Å². The Hall–Kier alpha value is -4.48. The molecule has 0 atom stereocenters. The molecule has 0 saturated heterocycles. The number of benzene rings is 4. The lowest BCUT2D eigenvalue weighted by Crippen LogP contribution is -1.94. The van der Waals surface area contributed by atoms with Gasteiger partial charge in [-0.1, -0.05) is 48.5 Å². The largest absolute Gasteiger partial charge is 0.489 e. The summed E-state index contributed by atoms with van der Waals surface area (Å²) < 4.78 is 61.1. The van der Waals surface area contributed by atoms with Crippen LogP contribution < -0.4 is 4.74 Å². The SMILES string of the molecule is C=CCOc1ccc(C#Cc2ccc(C#Cc3ccc4c(F)c(F)ccc4c3)c(F)c2)c(F)c1. The molecule has 4 aromatic rings. The minimum Gasteiger partial charge on any atom is -0.489 e. The van der Waals surface area contributed by atoms with Gasteiger partial charge in [-0.2, -0.15) is 0 Å². The van der Waals surface area contributed by atoms with E-state index in [9.17, 15) is 17.6 Å². The molecule has 0 N–H and O–H groups in total. The molecule has 34 heavy (non-hydrogen) atoms. The van der Waals surface area contributed by atoms with Gasteiger partial charge in [0.05, 0.1) is 11.1 Å². The van der Waals surface area contributed by atoms with Crippen molar-refractivity contribution in [2.75, 3.05) is 6.61 Å². The van der Waals surface area contributed by atoms with E-state index in [1.165, 1.54) is 42.5 Å². The monoisotopic (exact) mass is 456 g/mol. The van der Waals surface area contributed by atoms with E-state index in [4.69, 9.17) is 4.74 Å². The zero-order valence-corrected chi connectivity index (χ0v) is 17.8. The van der Waals surface area contributed by atoms with Gasteiger partial charge in [-0.25, -0.2) is 17.6 Å². The molecular formula is C29H16F4O. The van der Waals surface area contributed by atoms with Gasteiger partial charge >= 0.3 is 0 Å². The minimum atomic E-state index is -0.922. The number of halogens is 4. The zero-order valence-electron chi connectivity index (χ0n) is 17.8. The molecule has 0 fully saturated rings. The van der Waals surface area contributed by atoms with Crippen LogP contribution in [0, 0.1) is 47.0 Å². The van der Waals surface area contributed by atoms with E-state index in [2.05, 4.69) is 30.3 Å². The van der Waals surface area contributed by atoms with Gasteiger partial charge in [0.2, 0.25) is 0 Å². The average molecular weight is 456 g/mol. The molecule has 0 heterocycles. The first-order chi connectivity index (χ1) is 16.4. The molecule has 0 aliphatic rings. The van der Waals surface area contributed by atoms with Crippen LogP contribution in [0.2, 0.25) is 0 Å². The Kier molecular flexibility index (Phi) is 6.67. The highest BCUT2D eigenvalue weighted by Gasteiger charge is 2.07. The summed E-state index contributed by atoms with van der Waals surface area (Å²) in [5.41, 5.74) is 1.18. The van der Waals surface area contributed by atoms with Crippen LogP contribution in [0.1, 0.15) is 22.3 Å². The first-order valence-electron chi connectivity index (χ1n) is 10.2. The summed E-state index contributed by atoms with van der Waals surface area (Å²) in [6.07, 6.45) is 1.55. The Morgan fingerprint density at radius 2 is 1.32 bits per heavy atom. The van der Waals surface area contributed by atoms with E-state index < -0.39 is 23.3 Å². The summed E-state index contributed by atoms with van der Waals surface area (Å²) in [5.74, 6) is 8.36. The fourth-order valence-electron chi connectivity index (χ4n) is 3.16. The van der Waals surface area contributed by atoms with Crippen molar-refractivity contribution in [3.8, 4) is 29.4 Å². The molecule has 0 amide bonds. The molecule has 0 aliphatic heterocycles. The lowest BCUT2D eigenvalue weighted by Gasteiger charge is -2.03. The molecule has 0 spiro atoms. The Labute approximate surface area is 194 Å². The lowest BCUT2D eigenvalue weighted by molar-refractivity contribution is 0.361. The van der Waals surface area contributed by atoms with E-state index in [0.29, 0.717) is 22.3 Å². The van der Waals surface area contributed by atoms with E-state index in [1.807, 2.05) is 0 Å². The summed E-state index contributed by atoms with van der Waals surface area (Å²) in [4.78, 5) is 0. The minimum absolute atomic E-state index is 0.144. The lowest BCUT2D eigenvalue weighted by atomic mass is 10.1. The van der Waals surface area contributed by atoms with Gasteiger partial charge in [-0.3, -0.25) is 0 Å². The highest BCUT2D eigenvalue weighted by molar-refractivity contribution is 5.84. The smallest absolute Gasteiger partial charge is 0.166 e. The standard InChI is InChI=1S/C29H16F4O/c1-2-15-34-24-12-10-22(28(32)18-24)9-5-20-4-8-21(27(31)17-20)7-3-19-6-13-25-23(16-19)11-14-26(30)29(25)33/h2,4,6,8,10-14,16-18H,1,15H2. The van der Waals surface area contributed by atoms with Gasteiger partial charge in [0.25, 0.3) is 0 Å².